The second-order valence-electron chi connectivity index (χ2n) is 5.68. The number of rotatable bonds is 6. The molecule has 2 aromatic carbocycles. The molecule has 0 aliphatic carbocycles. The molecule has 0 radical (unpaired) electrons. The summed E-state index contributed by atoms with van der Waals surface area (Å²) in [4.78, 5) is 24.0. The van der Waals surface area contributed by atoms with Gasteiger partial charge in [-0.2, -0.15) is 0 Å². The third-order valence-electron chi connectivity index (χ3n) is 3.93. The van der Waals surface area contributed by atoms with Crippen molar-refractivity contribution < 1.29 is 23.8 Å². The normalized spacial score (nSPS) is 11.0. The second kappa shape index (κ2) is 7.78. The number of fused-ring (bicyclic) bond motifs is 1. The number of hydrogen-bond donors (Lipinski definition) is 1. The first-order valence-corrected chi connectivity index (χ1v) is 8.32. The van der Waals surface area contributed by atoms with E-state index in [1.807, 2.05) is 24.3 Å². The molecule has 0 saturated heterocycles. The highest BCUT2D eigenvalue weighted by Crippen LogP contribution is 2.24. The largest absolute Gasteiger partial charge is 0.497 e. The van der Waals surface area contributed by atoms with Gasteiger partial charge in [0.2, 0.25) is 11.2 Å². The molecule has 1 aromatic heterocycles. The molecule has 0 aliphatic rings. The van der Waals surface area contributed by atoms with Crippen LogP contribution in [0.5, 0.6) is 11.5 Å². The summed E-state index contributed by atoms with van der Waals surface area (Å²) in [6.45, 7) is 2.03. The highest BCUT2D eigenvalue weighted by atomic mass is 16.5. The number of carbonyl (C=O) groups is 1. The summed E-state index contributed by atoms with van der Waals surface area (Å²) < 4.78 is 16.5. The van der Waals surface area contributed by atoms with E-state index in [9.17, 15) is 9.59 Å². The van der Waals surface area contributed by atoms with Gasteiger partial charge in [-0.15, -0.1) is 0 Å². The Kier molecular flexibility index (Phi) is 5.26. The van der Waals surface area contributed by atoms with Crippen molar-refractivity contribution in [3.05, 3.63) is 69.6 Å². The van der Waals surface area contributed by atoms with E-state index >= 15 is 0 Å². The van der Waals surface area contributed by atoms with E-state index in [0.717, 1.165) is 5.56 Å². The lowest BCUT2D eigenvalue weighted by molar-refractivity contribution is 0.0697. The van der Waals surface area contributed by atoms with Crippen LogP contribution in [0.25, 0.3) is 23.1 Å². The van der Waals surface area contributed by atoms with Crippen molar-refractivity contribution >= 4 is 29.1 Å². The quantitative estimate of drug-likeness (QED) is 0.708. The Balaban J connectivity index is 2.12. The summed E-state index contributed by atoms with van der Waals surface area (Å²) in [6.07, 6.45) is 3.42. The fraction of sp³-hybridized carbons (Fsp3) is 0.143. The van der Waals surface area contributed by atoms with Crippen LogP contribution in [0.2, 0.25) is 0 Å². The molecule has 0 saturated carbocycles. The molecule has 0 aliphatic heterocycles. The number of hydrogen-bond acceptors (Lipinski definition) is 5. The topological polar surface area (TPSA) is 86.0 Å². The smallest absolute Gasteiger partial charge is 0.335 e. The summed E-state index contributed by atoms with van der Waals surface area (Å²) in [5, 5.41) is 9.29. The first kappa shape index (κ1) is 18.3. The predicted molar refractivity (Wildman–Crippen MR) is 103 cm³/mol. The maximum atomic E-state index is 12.8. The number of methoxy groups -OCH3 is 1. The molecule has 1 N–H and O–H groups in total. The van der Waals surface area contributed by atoms with Gasteiger partial charge >= 0.3 is 5.97 Å². The standard InChI is InChI=1S/C21H18O6/c1-3-26-20-18(9-7-13-5-4-6-15(11-13)25-2)27-17-10-8-14(21(23)24)12-16(17)19(20)22/h4-12H,3H2,1-2H3,(H,23,24)/b9-7+. The predicted octanol–water partition coefficient (Wildman–Crippen LogP) is 4.07. The van der Waals surface area contributed by atoms with Gasteiger partial charge in [-0.3, -0.25) is 4.79 Å². The molecule has 6 nitrogen and oxygen atoms in total. The number of benzene rings is 2. The average Bonchev–Trinajstić information content (AvgIpc) is 2.68. The molecule has 3 aromatic rings. The van der Waals surface area contributed by atoms with Gasteiger partial charge in [0.1, 0.15) is 11.3 Å². The number of carboxylic acid groups (broad SMARTS) is 1. The van der Waals surface area contributed by atoms with Crippen LogP contribution < -0.4 is 14.9 Å². The molecular formula is C21H18O6. The van der Waals surface area contributed by atoms with Crippen LogP contribution in [0, 0.1) is 0 Å². The van der Waals surface area contributed by atoms with Crippen LogP contribution in [0.1, 0.15) is 28.6 Å². The van der Waals surface area contributed by atoms with Crippen molar-refractivity contribution in [1.82, 2.24) is 0 Å². The van der Waals surface area contributed by atoms with Crippen molar-refractivity contribution in [3.8, 4) is 11.5 Å². The van der Waals surface area contributed by atoms with Gasteiger partial charge in [-0.1, -0.05) is 18.2 Å². The first-order valence-electron chi connectivity index (χ1n) is 8.32. The Hall–Kier alpha value is -3.54. The van der Waals surface area contributed by atoms with Gasteiger partial charge in [-0.25, -0.2) is 4.79 Å². The fourth-order valence-corrected chi connectivity index (χ4v) is 2.64. The molecule has 0 fully saturated rings. The van der Waals surface area contributed by atoms with Crippen molar-refractivity contribution in [3.63, 3.8) is 0 Å². The molecule has 3 rings (SSSR count). The lowest BCUT2D eigenvalue weighted by Crippen LogP contribution is -2.10. The molecule has 6 heteroatoms. The van der Waals surface area contributed by atoms with E-state index in [1.54, 1.807) is 26.2 Å². The van der Waals surface area contributed by atoms with Crippen LogP contribution in [0.15, 0.2) is 51.7 Å². The van der Waals surface area contributed by atoms with Gasteiger partial charge in [0, 0.05) is 0 Å². The molecule has 1 heterocycles. The minimum Gasteiger partial charge on any atom is -0.497 e. The van der Waals surface area contributed by atoms with Crippen molar-refractivity contribution in [1.29, 1.82) is 0 Å². The molecular weight excluding hydrogens is 348 g/mol. The highest BCUT2D eigenvalue weighted by molar-refractivity contribution is 5.93. The molecule has 0 unspecified atom stereocenters. The Morgan fingerprint density at radius 2 is 2.00 bits per heavy atom. The number of ether oxygens (including phenoxy) is 2. The minimum absolute atomic E-state index is 0.0110. The lowest BCUT2D eigenvalue weighted by atomic mass is 10.1. The molecule has 0 bridgehead atoms. The van der Waals surface area contributed by atoms with Gasteiger partial charge < -0.3 is 19.0 Å². The van der Waals surface area contributed by atoms with Crippen LogP contribution in [0.3, 0.4) is 0 Å². The molecule has 138 valence electrons. The van der Waals surface area contributed by atoms with E-state index in [0.29, 0.717) is 11.3 Å². The number of aromatic carboxylic acids is 1. The van der Waals surface area contributed by atoms with Gasteiger partial charge in [0.05, 0.1) is 24.7 Å². The van der Waals surface area contributed by atoms with Crippen molar-refractivity contribution in [2.45, 2.75) is 6.92 Å². The Morgan fingerprint density at radius 1 is 1.19 bits per heavy atom. The first-order chi connectivity index (χ1) is 13.0. The van der Waals surface area contributed by atoms with Crippen LogP contribution in [-0.2, 0) is 0 Å². The zero-order chi connectivity index (χ0) is 19.4. The Bertz CT molecular complexity index is 1080. The van der Waals surface area contributed by atoms with Crippen LogP contribution in [-0.4, -0.2) is 24.8 Å². The van der Waals surface area contributed by atoms with Crippen molar-refractivity contribution in [2.24, 2.45) is 0 Å². The maximum absolute atomic E-state index is 12.8. The summed E-state index contributed by atoms with van der Waals surface area (Å²) in [5.74, 6) is -0.0912. The van der Waals surface area contributed by atoms with E-state index in [1.165, 1.54) is 18.2 Å². The van der Waals surface area contributed by atoms with Crippen LogP contribution in [0.4, 0.5) is 0 Å². The SMILES string of the molecule is CCOc1c(/C=C/c2cccc(OC)c2)oc2ccc(C(=O)O)cc2c1=O. The fourth-order valence-electron chi connectivity index (χ4n) is 2.64. The van der Waals surface area contributed by atoms with E-state index in [4.69, 9.17) is 19.0 Å². The number of carboxylic acids is 1. The molecule has 0 atom stereocenters. The van der Waals surface area contributed by atoms with Gasteiger partial charge in [0.25, 0.3) is 0 Å². The molecule has 27 heavy (non-hydrogen) atoms. The highest BCUT2D eigenvalue weighted by Gasteiger charge is 2.15. The van der Waals surface area contributed by atoms with E-state index in [-0.39, 0.29) is 29.1 Å². The summed E-state index contributed by atoms with van der Waals surface area (Å²) in [5.41, 5.74) is 0.753. The zero-order valence-electron chi connectivity index (χ0n) is 14.9. The van der Waals surface area contributed by atoms with Crippen molar-refractivity contribution in [2.75, 3.05) is 13.7 Å². The molecule has 0 spiro atoms. The Morgan fingerprint density at radius 3 is 2.70 bits per heavy atom. The van der Waals surface area contributed by atoms with Crippen LogP contribution >= 0.6 is 0 Å². The maximum Gasteiger partial charge on any atom is 0.335 e. The monoisotopic (exact) mass is 366 g/mol. The lowest BCUT2D eigenvalue weighted by Gasteiger charge is -2.08. The minimum atomic E-state index is -1.11. The third-order valence-corrected chi connectivity index (χ3v) is 3.93. The Labute approximate surface area is 155 Å². The van der Waals surface area contributed by atoms with E-state index in [2.05, 4.69) is 0 Å². The summed E-state index contributed by atoms with van der Waals surface area (Å²) in [6, 6.07) is 11.6. The summed E-state index contributed by atoms with van der Waals surface area (Å²) in [7, 11) is 1.59. The average molecular weight is 366 g/mol. The summed E-state index contributed by atoms with van der Waals surface area (Å²) >= 11 is 0. The third kappa shape index (κ3) is 3.84. The molecule has 0 amide bonds. The zero-order valence-corrected chi connectivity index (χ0v) is 14.9. The van der Waals surface area contributed by atoms with Gasteiger partial charge in [-0.05, 0) is 48.9 Å². The van der Waals surface area contributed by atoms with E-state index < -0.39 is 11.4 Å². The second-order valence-corrected chi connectivity index (χ2v) is 5.68. The van der Waals surface area contributed by atoms with Gasteiger partial charge in [0.15, 0.2) is 5.76 Å².